The maximum Gasteiger partial charge on any atom is 0.253 e. The van der Waals surface area contributed by atoms with Gasteiger partial charge in [0.25, 0.3) is 5.91 Å². The quantitative estimate of drug-likeness (QED) is 0.695. The second-order valence-electron chi connectivity index (χ2n) is 6.53. The Balaban J connectivity index is 1.40. The zero-order valence-corrected chi connectivity index (χ0v) is 14.8. The van der Waals surface area contributed by atoms with Crippen LogP contribution in [0.1, 0.15) is 22.3 Å². The number of carbonyl (C=O) groups excluding carboxylic acids is 1. The van der Waals surface area contributed by atoms with E-state index < -0.39 is 0 Å². The maximum absolute atomic E-state index is 12.8. The van der Waals surface area contributed by atoms with Gasteiger partial charge in [0.15, 0.2) is 0 Å². The summed E-state index contributed by atoms with van der Waals surface area (Å²) in [5.74, 6) is 0.671. The SMILES string of the molecule is O=C(c1ccc(-c2cccs2)cc1)N1CCC(Cc2cccnc2)C1. The van der Waals surface area contributed by atoms with Crippen molar-refractivity contribution in [1.82, 2.24) is 9.88 Å². The summed E-state index contributed by atoms with van der Waals surface area (Å²) in [6.07, 6.45) is 5.78. The molecule has 2 aromatic heterocycles. The van der Waals surface area contributed by atoms with E-state index in [4.69, 9.17) is 0 Å². The van der Waals surface area contributed by atoms with Crippen molar-refractivity contribution in [2.24, 2.45) is 5.92 Å². The Kier molecular flexibility index (Phi) is 4.61. The monoisotopic (exact) mass is 348 g/mol. The van der Waals surface area contributed by atoms with Gasteiger partial charge in [0, 0.05) is 35.9 Å². The highest BCUT2D eigenvalue weighted by Crippen LogP contribution is 2.26. The number of thiophene rings is 1. The first-order valence-corrected chi connectivity index (χ1v) is 9.50. The minimum Gasteiger partial charge on any atom is -0.338 e. The van der Waals surface area contributed by atoms with Crippen molar-refractivity contribution in [2.45, 2.75) is 12.8 Å². The van der Waals surface area contributed by atoms with E-state index in [1.807, 2.05) is 47.5 Å². The molecule has 0 bridgehead atoms. The fraction of sp³-hybridized carbons (Fsp3) is 0.238. The summed E-state index contributed by atoms with van der Waals surface area (Å²) in [5.41, 5.74) is 3.20. The minimum atomic E-state index is 0.145. The first kappa shape index (κ1) is 16.0. The van der Waals surface area contributed by atoms with Crippen LogP contribution < -0.4 is 0 Å². The molecule has 0 saturated carbocycles. The van der Waals surface area contributed by atoms with E-state index in [1.54, 1.807) is 17.5 Å². The van der Waals surface area contributed by atoms with Crippen molar-refractivity contribution < 1.29 is 4.79 Å². The Labute approximate surface area is 152 Å². The number of hydrogen-bond donors (Lipinski definition) is 0. The minimum absolute atomic E-state index is 0.145. The van der Waals surface area contributed by atoms with Gasteiger partial charge < -0.3 is 4.90 Å². The zero-order valence-electron chi connectivity index (χ0n) is 14.0. The average molecular weight is 348 g/mol. The molecule has 126 valence electrons. The van der Waals surface area contributed by atoms with Gasteiger partial charge >= 0.3 is 0 Å². The third kappa shape index (κ3) is 3.64. The molecule has 1 unspecified atom stereocenters. The van der Waals surface area contributed by atoms with Crippen molar-refractivity contribution in [3.8, 4) is 10.4 Å². The predicted molar refractivity (Wildman–Crippen MR) is 102 cm³/mol. The molecule has 1 aliphatic rings. The number of benzene rings is 1. The molecule has 4 rings (SSSR count). The number of rotatable bonds is 4. The molecule has 3 aromatic rings. The number of likely N-dealkylation sites (tertiary alicyclic amines) is 1. The van der Waals surface area contributed by atoms with Gasteiger partial charge in [-0.3, -0.25) is 9.78 Å². The summed E-state index contributed by atoms with van der Waals surface area (Å²) in [5, 5.41) is 2.07. The molecule has 25 heavy (non-hydrogen) atoms. The summed E-state index contributed by atoms with van der Waals surface area (Å²) < 4.78 is 0. The summed E-state index contributed by atoms with van der Waals surface area (Å²) in [6, 6.07) is 16.2. The molecule has 1 atom stereocenters. The highest BCUT2D eigenvalue weighted by Gasteiger charge is 2.27. The Morgan fingerprint density at radius 2 is 2.04 bits per heavy atom. The highest BCUT2D eigenvalue weighted by atomic mass is 32.1. The molecule has 0 aliphatic carbocycles. The molecule has 1 fully saturated rings. The van der Waals surface area contributed by atoms with Gasteiger partial charge in [0.05, 0.1) is 0 Å². The van der Waals surface area contributed by atoms with Crippen molar-refractivity contribution in [3.05, 3.63) is 77.4 Å². The number of nitrogens with zero attached hydrogens (tertiary/aromatic N) is 2. The molecular weight excluding hydrogens is 328 g/mol. The van der Waals surface area contributed by atoms with E-state index in [0.29, 0.717) is 5.92 Å². The van der Waals surface area contributed by atoms with Crippen molar-refractivity contribution in [3.63, 3.8) is 0 Å². The number of amides is 1. The zero-order chi connectivity index (χ0) is 17.1. The van der Waals surface area contributed by atoms with Gasteiger partial charge in [0.1, 0.15) is 0 Å². The van der Waals surface area contributed by atoms with Crippen LogP contribution >= 0.6 is 11.3 Å². The van der Waals surface area contributed by atoms with E-state index in [2.05, 4.69) is 22.5 Å². The largest absolute Gasteiger partial charge is 0.338 e. The number of pyridine rings is 1. The third-order valence-electron chi connectivity index (χ3n) is 4.76. The van der Waals surface area contributed by atoms with E-state index in [1.165, 1.54) is 16.0 Å². The van der Waals surface area contributed by atoms with Gasteiger partial charge in [-0.05, 0) is 59.5 Å². The van der Waals surface area contributed by atoms with Gasteiger partial charge in [-0.25, -0.2) is 0 Å². The second kappa shape index (κ2) is 7.19. The number of carbonyl (C=O) groups is 1. The third-order valence-corrected chi connectivity index (χ3v) is 5.68. The van der Waals surface area contributed by atoms with E-state index in [0.717, 1.165) is 31.5 Å². The van der Waals surface area contributed by atoms with Crippen LogP contribution in [0, 0.1) is 5.92 Å². The predicted octanol–water partition coefficient (Wildman–Crippen LogP) is 4.51. The fourth-order valence-corrected chi connectivity index (χ4v) is 4.17. The average Bonchev–Trinajstić information content (AvgIpc) is 3.34. The Hall–Kier alpha value is -2.46. The van der Waals surface area contributed by atoms with Crippen LogP contribution in [0.2, 0.25) is 0 Å². The first-order chi connectivity index (χ1) is 12.3. The van der Waals surface area contributed by atoms with Gasteiger partial charge in [-0.15, -0.1) is 11.3 Å². The molecule has 3 nitrogen and oxygen atoms in total. The summed E-state index contributed by atoms with van der Waals surface area (Å²) in [4.78, 5) is 20.2. The van der Waals surface area contributed by atoms with Crippen molar-refractivity contribution >= 4 is 17.2 Å². The second-order valence-corrected chi connectivity index (χ2v) is 7.47. The Morgan fingerprint density at radius 3 is 2.76 bits per heavy atom. The lowest BCUT2D eigenvalue weighted by atomic mass is 10.00. The molecule has 1 saturated heterocycles. The van der Waals surface area contributed by atoms with Crippen LogP contribution in [0.3, 0.4) is 0 Å². The number of aromatic nitrogens is 1. The molecular formula is C21H20N2OS. The van der Waals surface area contributed by atoms with E-state index >= 15 is 0 Å². The lowest BCUT2D eigenvalue weighted by Gasteiger charge is -2.17. The molecule has 4 heteroatoms. The molecule has 3 heterocycles. The van der Waals surface area contributed by atoms with E-state index in [-0.39, 0.29) is 5.91 Å². The van der Waals surface area contributed by atoms with Gasteiger partial charge in [0.2, 0.25) is 0 Å². The van der Waals surface area contributed by atoms with E-state index in [9.17, 15) is 4.79 Å². The molecule has 0 spiro atoms. The van der Waals surface area contributed by atoms with Crippen LogP contribution in [0.5, 0.6) is 0 Å². The standard InChI is InChI=1S/C21H20N2OS/c24-21(19-7-5-18(6-8-19)20-4-2-12-25-20)23-11-9-17(15-23)13-16-3-1-10-22-14-16/h1-8,10,12,14,17H,9,11,13,15H2. The van der Waals surface area contributed by atoms with Crippen LogP contribution in [0.4, 0.5) is 0 Å². The summed E-state index contributed by atoms with van der Waals surface area (Å²) in [6.45, 7) is 1.68. The normalized spacial score (nSPS) is 17.0. The maximum atomic E-state index is 12.8. The molecule has 0 N–H and O–H groups in total. The molecule has 1 amide bonds. The lowest BCUT2D eigenvalue weighted by molar-refractivity contribution is 0.0787. The van der Waals surface area contributed by atoms with Crippen LogP contribution in [-0.4, -0.2) is 28.9 Å². The van der Waals surface area contributed by atoms with Crippen molar-refractivity contribution in [1.29, 1.82) is 0 Å². The topological polar surface area (TPSA) is 33.2 Å². The first-order valence-electron chi connectivity index (χ1n) is 8.62. The van der Waals surface area contributed by atoms with Crippen molar-refractivity contribution in [2.75, 3.05) is 13.1 Å². The Morgan fingerprint density at radius 1 is 1.16 bits per heavy atom. The van der Waals surface area contributed by atoms with Crippen LogP contribution in [0.15, 0.2) is 66.3 Å². The number of hydrogen-bond acceptors (Lipinski definition) is 3. The summed E-state index contributed by atoms with van der Waals surface area (Å²) in [7, 11) is 0. The fourth-order valence-electron chi connectivity index (χ4n) is 3.44. The van der Waals surface area contributed by atoms with Gasteiger partial charge in [-0.2, -0.15) is 0 Å². The molecule has 0 radical (unpaired) electrons. The highest BCUT2D eigenvalue weighted by molar-refractivity contribution is 7.13. The smallest absolute Gasteiger partial charge is 0.253 e. The molecule has 1 aromatic carbocycles. The summed E-state index contributed by atoms with van der Waals surface area (Å²) >= 11 is 1.72. The van der Waals surface area contributed by atoms with Gasteiger partial charge in [-0.1, -0.05) is 24.3 Å². The van der Waals surface area contributed by atoms with Crippen LogP contribution in [0.25, 0.3) is 10.4 Å². The Bertz CT molecular complexity index is 828. The lowest BCUT2D eigenvalue weighted by Crippen LogP contribution is -2.28. The molecule has 1 aliphatic heterocycles. The van der Waals surface area contributed by atoms with Crippen LogP contribution in [-0.2, 0) is 6.42 Å².